The van der Waals surface area contributed by atoms with E-state index < -0.39 is 0 Å². The lowest BCUT2D eigenvalue weighted by Gasteiger charge is -2.24. The van der Waals surface area contributed by atoms with Gasteiger partial charge in [0.05, 0.1) is 10.9 Å². The number of hydrogen-bond donors (Lipinski definition) is 0. The van der Waals surface area contributed by atoms with Crippen LogP contribution in [0.3, 0.4) is 0 Å². The summed E-state index contributed by atoms with van der Waals surface area (Å²) < 4.78 is 12.9. The molecule has 0 saturated carbocycles. The second-order valence-electron chi connectivity index (χ2n) is 4.55. The first-order valence-corrected chi connectivity index (χ1v) is 6.89. The van der Waals surface area contributed by atoms with Crippen LogP contribution in [-0.4, -0.2) is 17.9 Å². The second-order valence-corrected chi connectivity index (χ2v) is 5.84. The highest BCUT2D eigenvalue weighted by Crippen LogP contribution is 2.23. The first-order valence-electron chi connectivity index (χ1n) is 6.08. The van der Waals surface area contributed by atoms with Crippen LogP contribution < -0.4 is 0 Å². The molecule has 2 rings (SSSR count). The third-order valence-electron chi connectivity index (χ3n) is 3.20. The average Bonchev–Trinajstić information content (AvgIpc) is 2.84. The van der Waals surface area contributed by atoms with Crippen molar-refractivity contribution in [1.29, 1.82) is 0 Å². The first-order chi connectivity index (χ1) is 8.99. The number of hydrogen-bond acceptors (Lipinski definition) is 2. The highest BCUT2D eigenvalue weighted by Gasteiger charge is 2.19. The number of nitrogens with zero attached hydrogens (tertiary/aromatic N) is 1. The number of amides is 1. The summed E-state index contributed by atoms with van der Waals surface area (Å²) in [6, 6.07) is 9.95. The predicted octanol–water partition coefficient (Wildman–Crippen LogP) is 4.03. The predicted molar refractivity (Wildman–Crippen MR) is 76.0 cm³/mol. The molecule has 0 spiro atoms. The summed E-state index contributed by atoms with van der Waals surface area (Å²) in [7, 11) is 1.77. The minimum atomic E-state index is -0.265. The maximum Gasteiger partial charge on any atom is 0.264 e. The normalized spacial score (nSPS) is 12.2. The summed E-state index contributed by atoms with van der Waals surface area (Å²) in [6.45, 7) is 3.91. The molecule has 1 atom stereocenters. The van der Waals surface area contributed by atoms with Gasteiger partial charge in [0.1, 0.15) is 5.82 Å². The minimum Gasteiger partial charge on any atom is -0.334 e. The van der Waals surface area contributed by atoms with Crippen LogP contribution in [-0.2, 0) is 0 Å². The van der Waals surface area contributed by atoms with E-state index in [2.05, 4.69) is 0 Å². The van der Waals surface area contributed by atoms with E-state index in [0.29, 0.717) is 0 Å². The van der Waals surface area contributed by atoms with Gasteiger partial charge in [0.15, 0.2) is 0 Å². The van der Waals surface area contributed by atoms with Crippen LogP contribution >= 0.6 is 11.3 Å². The zero-order chi connectivity index (χ0) is 14.0. The van der Waals surface area contributed by atoms with Crippen LogP contribution in [0, 0.1) is 12.7 Å². The van der Waals surface area contributed by atoms with Gasteiger partial charge in [0, 0.05) is 11.9 Å². The first kappa shape index (κ1) is 13.7. The quantitative estimate of drug-likeness (QED) is 0.829. The molecule has 0 fully saturated rings. The highest BCUT2D eigenvalue weighted by molar-refractivity contribution is 7.13. The summed E-state index contributed by atoms with van der Waals surface area (Å²) in [5, 5.41) is 0. The molecule has 0 bridgehead atoms. The molecule has 0 N–H and O–H groups in total. The van der Waals surface area contributed by atoms with E-state index in [4.69, 9.17) is 0 Å². The number of carbonyl (C=O) groups is 1. The minimum absolute atomic E-state index is 0.00470. The fourth-order valence-corrected chi connectivity index (χ4v) is 2.71. The zero-order valence-corrected chi connectivity index (χ0v) is 12.0. The Morgan fingerprint density at radius 3 is 2.37 bits per heavy atom. The molecule has 1 aromatic carbocycles. The molecule has 2 nitrogen and oxygen atoms in total. The van der Waals surface area contributed by atoms with E-state index in [-0.39, 0.29) is 17.8 Å². The molecule has 1 heterocycles. The molecule has 1 unspecified atom stereocenters. The third-order valence-corrected chi connectivity index (χ3v) is 4.19. The smallest absolute Gasteiger partial charge is 0.264 e. The van der Waals surface area contributed by atoms with Gasteiger partial charge in [-0.1, -0.05) is 12.1 Å². The lowest BCUT2D eigenvalue weighted by atomic mass is 10.1. The lowest BCUT2D eigenvalue weighted by Crippen LogP contribution is -2.29. The van der Waals surface area contributed by atoms with Crippen molar-refractivity contribution in [2.75, 3.05) is 7.05 Å². The van der Waals surface area contributed by atoms with E-state index in [1.807, 2.05) is 26.0 Å². The van der Waals surface area contributed by atoms with Crippen LogP contribution in [0.1, 0.15) is 33.1 Å². The monoisotopic (exact) mass is 277 g/mol. The molecular weight excluding hydrogens is 261 g/mol. The van der Waals surface area contributed by atoms with E-state index in [0.717, 1.165) is 15.3 Å². The largest absolute Gasteiger partial charge is 0.334 e. The van der Waals surface area contributed by atoms with E-state index >= 15 is 0 Å². The maximum absolute atomic E-state index is 12.9. The second kappa shape index (κ2) is 5.53. The van der Waals surface area contributed by atoms with Crippen molar-refractivity contribution in [3.8, 4) is 0 Å². The molecule has 1 aromatic heterocycles. The van der Waals surface area contributed by atoms with Crippen molar-refractivity contribution in [3.05, 3.63) is 57.5 Å². The topological polar surface area (TPSA) is 20.3 Å². The van der Waals surface area contributed by atoms with Gasteiger partial charge in [-0.3, -0.25) is 4.79 Å². The van der Waals surface area contributed by atoms with E-state index in [1.165, 1.54) is 23.5 Å². The molecule has 1 amide bonds. The van der Waals surface area contributed by atoms with Crippen LogP contribution in [0.15, 0.2) is 36.4 Å². The van der Waals surface area contributed by atoms with Crippen LogP contribution in [0.2, 0.25) is 0 Å². The fraction of sp³-hybridized carbons (Fsp3) is 0.267. The van der Waals surface area contributed by atoms with Crippen molar-refractivity contribution < 1.29 is 9.18 Å². The fourth-order valence-electron chi connectivity index (χ4n) is 1.86. The molecule has 0 aliphatic heterocycles. The Labute approximate surface area is 116 Å². The Balaban J connectivity index is 2.16. The number of benzene rings is 1. The Morgan fingerprint density at radius 1 is 1.21 bits per heavy atom. The van der Waals surface area contributed by atoms with Crippen molar-refractivity contribution in [1.82, 2.24) is 4.90 Å². The molecular formula is C15H16FNOS. The van der Waals surface area contributed by atoms with Crippen LogP contribution in [0.5, 0.6) is 0 Å². The van der Waals surface area contributed by atoms with Gasteiger partial charge in [0.2, 0.25) is 0 Å². The zero-order valence-electron chi connectivity index (χ0n) is 11.2. The van der Waals surface area contributed by atoms with Gasteiger partial charge >= 0.3 is 0 Å². The molecule has 0 saturated heterocycles. The van der Waals surface area contributed by atoms with Gasteiger partial charge in [-0.05, 0) is 43.7 Å². The van der Waals surface area contributed by atoms with Gasteiger partial charge in [-0.2, -0.15) is 0 Å². The Hall–Kier alpha value is -1.68. The third kappa shape index (κ3) is 3.01. The van der Waals surface area contributed by atoms with E-state index in [9.17, 15) is 9.18 Å². The summed E-state index contributed by atoms with van der Waals surface area (Å²) in [4.78, 5) is 15.8. The van der Waals surface area contributed by atoms with Gasteiger partial charge < -0.3 is 4.90 Å². The van der Waals surface area contributed by atoms with Crippen molar-refractivity contribution >= 4 is 17.2 Å². The van der Waals surface area contributed by atoms with Crippen molar-refractivity contribution in [2.24, 2.45) is 0 Å². The summed E-state index contributed by atoms with van der Waals surface area (Å²) >= 11 is 1.49. The lowest BCUT2D eigenvalue weighted by molar-refractivity contribution is 0.0747. The SMILES string of the molecule is Cc1ccc(C(=O)N(C)C(C)c2ccc(F)cc2)s1. The summed E-state index contributed by atoms with van der Waals surface area (Å²) in [5.74, 6) is -0.270. The van der Waals surface area contributed by atoms with Crippen molar-refractivity contribution in [2.45, 2.75) is 19.9 Å². The Kier molecular flexibility index (Phi) is 4.00. The molecule has 0 radical (unpaired) electrons. The number of thiophene rings is 1. The summed E-state index contributed by atoms with van der Waals surface area (Å²) in [6.07, 6.45) is 0. The van der Waals surface area contributed by atoms with Gasteiger partial charge in [-0.25, -0.2) is 4.39 Å². The standard InChI is InChI=1S/C15H16FNOS/c1-10-4-9-14(19-10)15(18)17(3)11(2)12-5-7-13(16)8-6-12/h4-9,11H,1-3H3. The molecule has 4 heteroatoms. The molecule has 19 heavy (non-hydrogen) atoms. The molecule has 0 aliphatic rings. The number of aryl methyl sites for hydroxylation is 1. The highest BCUT2D eigenvalue weighted by atomic mass is 32.1. The van der Waals surface area contributed by atoms with Gasteiger partial charge in [-0.15, -0.1) is 11.3 Å². The van der Waals surface area contributed by atoms with Crippen LogP contribution in [0.4, 0.5) is 4.39 Å². The Bertz CT molecular complexity index is 576. The molecule has 0 aliphatic carbocycles. The summed E-state index contributed by atoms with van der Waals surface area (Å²) in [5.41, 5.74) is 0.922. The number of rotatable bonds is 3. The van der Waals surface area contributed by atoms with Gasteiger partial charge in [0.25, 0.3) is 5.91 Å². The molecule has 100 valence electrons. The molecule has 2 aromatic rings. The number of carbonyl (C=O) groups excluding carboxylic acids is 1. The van der Waals surface area contributed by atoms with Crippen molar-refractivity contribution in [3.63, 3.8) is 0 Å². The maximum atomic E-state index is 12.9. The van der Waals surface area contributed by atoms with E-state index in [1.54, 1.807) is 24.1 Å². The average molecular weight is 277 g/mol. The number of halogens is 1. The Morgan fingerprint density at radius 2 is 1.84 bits per heavy atom. The van der Waals surface area contributed by atoms with Crippen LogP contribution in [0.25, 0.3) is 0 Å².